The van der Waals surface area contributed by atoms with Crippen molar-refractivity contribution in [1.82, 2.24) is 0 Å². The summed E-state index contributed by atoms with van der Waals surface area (Å²) in [4.78, 5) is 12.3. The van der Waals surface area contributed by atoms with Crippen molar-refractivity contribution in [2.75, 3.05) is 18.5 Å². The number of halogens is 1. The largest absolute Gasteiger partial charge is 0.493 e. The third-order valence-electron chi connectivity index (χ3n) is 4.80. The van der Waals surface area contributed by atoms with Crippen molar-refractivity contribution < 1.29 is 14.3 Å². The second-order valence-corrected chi connectivity index (χ2v) is 9.19. The van der Waals surface area contributed by atoms with E-state index >= 15 is 0 Å². The number of carbonyl (C=O) groups is 1. The van der Waals surface area contributed by atoms with Crippen LogP contribution in [-0.2, 0) is 16.6 Å². The summed E-state index contributed by atoms with van der Waals surface area (Å²) < 4.78 is 12.3. The first-order chi connectivity index (χ1) is 14.8. The quantitative estimate of drug-likeness (QED) is 0.405. The first kappa shape index (κ1) is 22.9. The summed E-state index contributed by atoms with van der Waals surface area (Å²) in [5.41, 5.74) is 3.19. The molecule has 0 aliphatic rings. The molecule has 0 spiro atoms. The fourth-order valence-corrected chi connectivity index (χ4v) is 3.48. The van der Waals surface area contributed by atoms with Crippen LogP contribution in [0.4, 0.5) is 5.69 Å². The summed E-state index contributed by atoms with van der Waals surface area (Å²) >= 11 is 3.53. The van der Waals surface area contributed by atoms with E-state index in [0.717, 1.165) is 16.6 Å². The Morgan fingerprint density at radius 1 is 0.935 bits per heavy atom. The Balaban J connectivity index is 1.45. The molecule has 0 atom stereocenters. The molecule has 0 aromatic heterocycles. The van der Waals surface area contributed by atoms with Crippen LogP contribution < -0.4 is 14.8 Å². The number of nitrogens with one attached hydrogen (secondary N) is 1. The normalized spacial score (nSPS) is 11.1. The summed E-state index contributed by atoms with van der Waals surface area (Å²) in [7, 11) is 0. The van der Waals surface area contributed by atoms with Gasteiger partial charge in [-0.1, -0.05) is 57.2 Å². The van der Waals surface area contributed by atoms with E-state index in [-0.39, 0.29) is 17.9 Å². The van der Waals surface area contributed by atoms with Crippen LogP contribution in [0.1, 0.15) is 31.9 Å². The van der Waals surface area contributed by atoms with Gasteiger partial charge in [0.1, 0.15) is 11.5 Å². The van der Waals surface area contributed by atoms with Crippen molar-refractivity contribution >= 4 is 27.5 Å². The Bertz CT molecular complexity index is 995. The fourth-order valence-electron chi connectivity index (χ4n) is 2.99. The van der Waals surface area contributed by atoms with E-state index in [2.05, 4.69) is 54.2 Å². The molecule has 0 saturated heterocycles. The van der Waals surface area contributed by atoms with Gasteiger partial charge in [-0.05, 0) is 68.9 Å². The smallest absolute Gasteiger partial charge is 0.262 e. The van der Waals surface area contributed by atoms with Crippen LogP contribution in [0.15, 0.2) is 77.3 Å². The minimum Gasteiger partial charge on any atom is -0.493 e. The van der Waals surface area contributed by atoms with Crippen LogP contribution in [0.5, 0.6) is 11.5 Å². The number of rotatable bonds is 8. The lowest BCUT2D eigenvalue weighted by Gasteiger charge is -2.20. The van der Waals surface area contributed by atoms with Crippen LogP contribution in [0.25, 0.3) is 0 Å². The average molecular weight is 482 g/mol. The molecule has 31 heavy (non-hydrogen) atoms. The molecule has 0 aliphatic carbocycles. The summed E-state index contributed by atoms with van der Waals surface area (Å²) in [6.45, 7) is 7.00. The number of benzene rings is 3. The molecule has 4 nitrogen and oxygen atoms in total. The Morgan fingerprint density at radius 3 is 2.29 bits per heavy atom. The highest BCUT2D eigenvalue weighted by Crippen LogP contribution is 2.31. The molecule has 162 valence electrons. The van der Waals surface area contributed by atoms with E-state index in [0.29, 0.717) is 18.0 Å². The zero-order chi connectivity index (χ0) is 22.3. The summed E-state index contributed by atoms with van der Waals surface area (Å²) in [6.07, 6.45) is 0.850. The molecule has 1 amide bonds. The van der Waals surface area contributed by atoms with Crippen molar-refractivity contribution in [2.24, 2.45) is 0 Å². The molecular weight excluding hydrogens is 454 g/mol. The Labute approximate surface area is 192 Å². The second kappa shape index (κ2) is 10.5. The van der Waals surface area contributed by atoms with E-state index in [1.165, 1.54) is 11.1 Å². The SMILES string of the molecule is CC(C)(C)c1ccc(OCC(=O)Nc2ccc(OCCc3ccccc3)cc2)c(Br)c1. The number of hydrogen-bond donors (Lipinski definition) is 1. The van der Waals surface area contributed by atoms with Crippen LogP contribution in [0.3, 0.4) is 0 Å². The number of hydrogen-bond acceptors (Lipinski definition) is 3. The lowest BCUT2D eigenvalue weighted by atomic mass is 9.87. The van der Waals surface area contributed by atoms with Crippen molar-refractivity contribution in [1.29, 1.82) is 0 Å². The Morgan fingerprint density at radius 2 is 1.65 bits per heavy atom. The summed E-state index contributed by atoms with van der Waals surface area (Å²) in [5, 5.41) is 2.84. The van der Waals surface area contributed by atoms with E-state index in [1.807, 2.05) is 60.7 Å². The lowest BCUT2D eigenvalue weighted by Crippen LogP contribution is -2.20. The second-order valence-electron chi connectivity index (χ2n) is 8.34. The number of carbonyl (C=O) groups excluding carboxylic acids is 1. The van der Waals surface area contributed by atoms with Crippen molar-refractivity contribution in [3.63, 3.8) is 0 Å². The summed E-state index contributed by atoms with van der Waals surface area (Å²) in [5.74, 6) is 1.20. The predicted molar refractivity (Wildman–Crippen MR) is 129 cm³/mol. The Kier molecular flexibility index (Phi) is 7.75. The van der Waals surface area contributed by atoms with Crippen molar-refractivity contribution in [2.45, 2.75) is 32.6 Å². The lowest BCUT2D eigenvalue weighted by molar-refractivity contribution is -0.118. The molecule has 3 aromatic rings. The highest BCUT2D eigenvalue weighted by atomic mass is 79.9. The molecule has 3 aromatic carbocycles. The highest BCUT2D eigenvalue weighted by molar-refractivity contribution is 9.10. The van der Waals surface area contributed by atoms with Crippen LogP contribution in [0.2, 0.25) is 0 Å². The average Bonchev–Trinajstić information content (AvgIpc) is 2.74. The molecule has 1 N–H and O–H groups in total. The predicted octanol–water partition coefficient (Wildman–Crippen LogP) is 6.39. The molecule has 0 aliphatic heterocycles. The van der Waals surface area contributed by atoms with Gasteiger partial charge in [0.05, 0.1) is 11.1 Å². The fraction of sp³-hybridized carbons (Fsp3) is 0.269. The molecule has 0 fully saturated rings. The van der Waals surface area contributed by atoms with Gasteiger partial charge in [-0.2, -0.15) is 0 Å². The van der Waals surface area contributed by atoms with Crippen molar-refractivity contribution in [3.05, 3.63) is 88.4 Å². The molecule has 0 bridgehead atoms. The van der Waals surface area contributed by atoms with Crippen LogP contribution in [-0.4, -0.2) is 19.1 Å². The van der Waals surface area contributed by atoms with E-state index in [9.17, 15) is 4.79 Å². The molecule has 3 rings (SSSR count). The van der Waals surface area contributed by atoms with Gasteiger partial charge in [-0.25, -0.2) is 0 Å². The maximum atomic E-state index is 12.3. The Hall–Kier alpha value is -2.79. The zero-order valence-corrected chi connectivity index (χ0v) is 19.7. The standard InChI is InChI=1S/C26H28BrNO3/c1-26(2,3)20-9-14-24(23(27)17-20)31-18-25(29)28-21-10-12-22(13-11-21)30-16-15-19-7-5-4-6-8-19/h4-14,17H,15-16,18H2,1-3H3,(H,28,29). The van der Waals surface area contributed by atoms with Crippen LogP contribution in [0, 0.1) is 0 Å². The minimum absolute atomic E-state index is 0.0514. The van der Waals surface area contributed by atoms with E-state index < -0.39 is 0 Å². The number of anilines is 1. The number of ether oxygens (including phenoxy) is 2. The van der Waals surface area contributed by atoms with E-state index in [4.69, 9.17) is 9.47 Å². The van der Waals surface area contributed by atoms with E-state index in [1.54, 1.807) is 0 Å². The topological polar surface area (TPSA) is 47.6 Å². The van der Waals surface area contributed by atoms with Gasteiger partial charge < -0.3 is 14.8 Å². The van der Waals surface area contributed by atoms with Crippen molar-refractivity contribution in [3.8, 4) is 11.5 Å². The van der Waals surface area contributed by atoms with Gasteiger partial charge in [0.2, 0.25) is 0 Å². The van der Waals surface area contributed by atoms with Gasteiger partial charge in [0.25, 0.3) is 5.91 Å². The monoisotopic (exact) mass is 481 g/mol. The van der Waals surface area contributed by atoms with Gasteiger partial charge in [-0.15, -0.1) is 0 Å². The molecule has 0 heterocycles. The third kappa shape index (κ3) is 7.14. The highest BCUT2D eigenvalue weighted by Gasteiger charge is 2.15. The maximum absolute atomic E-state index is 12.3. The zero-order valence-electron chi connectivity index (χ0n) is 18.2. The number of amides is 1. The minimum atomic E-state index is -0.218. The third-order valence-corrected chi connectivity index (χ3v) is 5.42. The van der Waals surface area contributed by atoms with Gasteiger partial charge in [0.15, 0.2) is 6.61 Å². The van der Waals surface area contributed by atoms with Gasteiger partial charge in [0, 0.05) is 12.1 Å². The molecule has 0 unspecified atom stereocenters. The molecule has 5 heteroatoms. The molecule has 0 radical (unpaired) electrons. The first-order valence-electron chi connectivity index (χ1n) is 10.3. The van der Waals surface area contributed by atoms with Crippen LogP contribution >= 0.6 is 15.9 Å². The summed E-state index contributed by atoms with van der Waals surface area (Å²) in [6, 6.07) is 23.5. The molecule has 0 saturated carbocycles. The molecular formula is C26H28BrNO3. The first-order valence-corrected chi connectivity index (χ1v) is 11.1. The van der Waals surface area contributed by atoms with Gasteiger partial charge in [-0.3, -0.25) is 4.79 Å². The maximum Gasteiger partial charge on any atom is 0.262 e. The van der Waals surface area contributed by atoms with Gasteiger partial charge >= 0.3 is 0 Å².